The number of carbonyl (C=O) groups is 9. The summed E-state index contributed by atoms with van der Waals surface area (Å²) in [7, 11) is 0. The number of benzene rings is 1. The van der Waals surface area contributed by atoms with Crippen LogP contribution in [0.5, 0.6) is 0 Å². The van der Waals surface area contributed by atoms with Gasteiger partial charge in [-0.3, -0.25) is 53.1 Å². The average Bonchev–Trinajstić information content (AvgIpc) is 3.29. The van der Waals surface area contributed by atoms with Gasteiger partial charge in [-0.15, -0.1) is 0 Å². The molecule has 380 valence electrons. The van der Waals surface area contributed by atoms with Crippen LogP contribution >= 0.6 is 0 Å². The number of aliphatic carboxylic acids is 1. The Balaban J connectivity index is 3.03. The van der Waals surface area contributed by atoms with Crippen molar-refractivity contribution in [2.75, 3.05) is 52.4 Å². The second-order valence-corrected chi connectivity index (χ2v) is 15.4. The Morgan fingerprint density at radius 1 is 0.485 bits per heavy atom. The van der Waals surface area contributed by atoms with Crippen LogP contribution in [0.15, 0.2) is 40.3 Å². The predicted molar refractivity (Wildman–Crippen MR) is 251 cm³/mol. The Morgan fingerprint density at radius 3 is 1.32 bits per heavy atom. The minimum absolute atomic E-state index is 0.0222. The normalized spacial score (nSPS) is 12.8. The number of hydrogen-bond donors (Lipinski definition) is 16. The minimum atomic E-state index is -1.29. The molecule has 0 saturated carbocycles. The molecule has 1 aromatic carbocycles. The van der Waals surface area contributed by atoms with E-state index in [4.69, 9.17) is 45.2 Å². The lowest BCUT2D eigenvalue weighted by Crippen LogP contribution is -2.56. The van der Waals surface area contributed by atoms with Gasteiger partial charge in [0.05, 0.1) is 25.7 Å². The number of aliphatic imine (C=N–C) groups is 2. The molecule has 0 fully saturated rings. The smallest absolute Gasteiger partial charge is 0.322 e. The lowest BCUT2D eigenvalue weighted by Gasteiger charge is -2.24. The van der Waals surface area contributed by atoms with Gasteiger partial charge in [0, 0.05) is 13.1 Å². The molecule has 0 unspecified atom stereocenters. The third-order valence-electron chi connectivity index (χ3n) is 9.70. The van der Waals surface area contributed by atoms with Crippen LogP contribution in [0.1, 0.15) is 69.8 Å². The van der Waals surface area contributed by atoms with E-state index < -0.39 is 110 Å². The molecule has 23 N–H and O–H groups in total. The third kappa shape index (κ3) is 27.4. The lowest BCUT2D eigenvalue weighted by atomic mass is 10.0. The van der Waals surface area contributed by atoms with E-state index in [9.17, 15) is 43.2 Å². The average molecular weight is 962 g/mol. The first kappa shape index (κ1) is 58.9. The Labute approximate surface area is 394 Å². The first-order valence-electron chi connectivity index (χ1n) is 22.2. The van der Waals surface area contributed by atoms with Gasteiger partial charge in [-0.05, 0) is 89.3 Å². The zero-order valence-electron chi connectivity index (χ0n) is 38.3. The van der Waals surface area contributed by atoms with E-state index in [1.54, 1.807) is 24.3 Å². The van der Waals surface area contributed by atoms with Crippen molar-refractivity contribution in [3.05, 3.63) is 35.9 Å². The second-order valence-electron chi connectivity index (χ2n) is 15.4. The van der Waals surface area contributed by atoms with Crippen LogP contribution in [-0.4, -0.2) is 153 Å². The summed E-state index contributed by atoms with van der Waals surface area (Å²) in [4.78, 5) is 123. The van der Waals surface area contributed by atoms with Crippen molar-refractivity contribution in [3.8, 4) is 0 Å². The Bertz CT molecular complexity index is 1850. The summed E-state index contributed by atoms with van der Waals surface area (Å²) in [5.41, 5.74) is 39.9. The summed E-state index contributed by atoms with van der Waals surface area (Å²) in [5.74, 6) is -7.68. The molecule has 0 aliphatic heterocycles. The number of unbranched alkanes of at least 4 members (excludes halogenated alkanes) is 2. The van der Waals surface area contributed by atoms with Gasteiger partial charge in [-0.2, -0.15) is 0 Å². The molecular weight excluding hydrogens is 891 g/mol. The summed E-state index contributed by atoms with van der Waals surface area (Å²) in [6.07, 6.45) is 2.75. The van der Waals surface area contributed by atoms with E-state index >= 15 is 0 Å². The summed E-state index contributed by atoms with van der Waals surface area (Å²) >= 11 is 0. The highest BCUT2D eigenvalue weighted by Crippen LogP contribution is 2.08. The molecule has 5 atom stereocenters. The van der Waals surface area contributed by atoms with Crippen LogP contribution in [0.4, 0.5) is 0 Å². The van der Waals surface area contributed by atoms with Gasteiger partial charge < -0.3 is 87.8 Å². The fraction of sp³-hybridized carbons (Fsp3) is 0.585. The number of rotatable bonds is 35. The topological polar surface area (TPSA) is 477 Å². The number of nitrogens with two attached hydrogens (primary N) is 7. The number of carboxylic acids is 1. The molecule has 0 aliphatic rings. The lowest BCUT2D eigenvalue weighted by molar-refractivity contribution is -0.138. The van der Waals surface area contributed by atoms with Gasteiger partial charge in [-0.25, -0.2) is 0 Å². The van der Waals surface area contributed by atoms with Crippen LogP contribution in [0.2, 0.25) is 0 Å². The number of guanidine groups is 2. The zero-order valence-corrected chi connectivity index (χ0v) is 38.3. The van der Waals surface area contributed by atoms with Crippen molar-refractivity contribution >= 4 is 65.1 Å². The maximum atomic E-state index is 13.7. The molecule has 0 aromatic heterocycles. The Kier molecular flexibility index (Phi) is 29.6. The number of amides is 8. The number of carboxylic acid groups (broad SMARTS) is 1. The largest absolute Gasteiger partial charge is 0.480 e. The number of nitrogens with zero attached hydrogens (tertiary/aromatic N) is 2. The zero-order chi connectivity index (χ0) is 50.9. The fourth-order valence-corrected chi connectivity index (χ4v) is 6.16. The van der Waals surface area contributed by atoms with Crippen molar-refractivity contribution < 1.29 is 48.3 Å². The summed E-state index contributed by atoms with van der Waals surface area (Å²) in [6.45, 7) is -1.70. The van der Waals surface area contributed by atoms with E-state index in [0.29, 0.717) is 38.8 Å². The minimum Gasteiger partial charge on any atom is -0.480 e. The van der Waals surface area contributed by atoms with Crippen molar-refractivity contribution in [3.63, 3.8) is 0 Å². The molecule has 27 nitrogen and oxygen atoms in total. The molecule has 0 spiro atoms. The number of nitrogens with one attached hydrogen (secondary N) is 8. The third-order valence-corrected chi connectivity index (χ3v) is 9.70. The van der Waals surface area contributed by atoms with Crippen molar-refractivity contribution in [1.82, 2.24) is 42.5 Å². The van der Waals surface area contributed by atoms with Crippen LogP contribution < -0.4 is 82.7 Å². The van der Waals surface area contributed by atoms with Crippen LogP contribution in [0.3, 0.4) is 0 Å². The van der Waals surface area contributed by atoms with Gasteiger partial charge in [0.15, 0.2) is 11.9 Å². The van der Waals surface area contributed by atoms with Gasteiger partial charge in [0.25, 0.3) is 0 Å². The maximum Gasteiger partial charge on any atom is 0.322 e. The van der Waals surface area contributed by atoms with E-state index in [1.165, 1.54) is 0 Å². The predicted octanol–water partition coefficient (Wildman–Crippen LogP) is -6.59. The maximum absolute atomic E-state index is 13.7. The standard InChI is InChI=1S/C41H71N17O10/c42-16-6-4-12-27(36(65)54-22-32(60)52-24-34(62)63)57-38(67)29(14-8-18-49-40(45)46)55-33(61)23-51-31(59)21-53-37(66)28(13-5-7-17-43)58-39(68)30(15-9-19-50-41(47)48)56-35(64)26(44)20-25-10-2-1-3-11-25/h1-3,10-11,26-30H,4-9,12-24,42-44H2,(H,51,59)(H,52,60)(H,53,66)(H,54,65)(H,55,61)(H,56,64)(H,57,67)(H,58,68)(H,62,63)(H4,45,46,49)(H4,47,48,50)/t26-,27-,28-,29-,30-/m0/s1. The number of carbonyl (C=O) groups excluding carboxylic acids is 8. The van der Waals surface area contributed by atoms with Crippen LogP contribution in [0.25, 0.3) is 0 Å². The Morgan fingerprint density at radius 2 is 0.882 bits per heavy atom. The highest BCUT2D eigenvalue weighted by molar-refractivity contribution is 5.96. The molecule has 1 rings (SSSR count). The molecule has 0 radical (unpaired) electrons. The van der Waals surface area contributed by atoms with Gasteiger partial charge >= 0.3 is 5.97 Å². The quantitative estimate of drug-likeness (QED) is 0.0171. The monoisotopic (exact) mass is 962 g/mol. The SMILES string of the molecule is NCCCC[C@H](NC(=O)[C@H](CCCN=C(N)N)NC(=O)CNC(=O)CNC(=O)[C@H](CCCCN)NC(=O)[C@H](CCCN=C(N)N)NC(=O)[C@@H](N)Cc1ccccc1)C(=O)NCC(=O)NCC(=O)O. The molecule has 0 heterocycles. The number of hydrogen-bond acceptors (Lipinski definition) is 14. The summed E-state index contributed by atoms with van der Waals surface area (Å²) < 4.78 is 0. The van der Waals surface area contributed by atoms with Gasteiger partial charge in [-0.1, -0.05) is 30.3 Å². The van der Waals surface area contributed by atoms with Crippen molar-refractivity contribution in [1.29, 1.82) is 0 Å². The molecule has 68 heavy (non-hydrogen) atoms. The molecular formula is C41H71N17O10. The van der Waals surface area contributed by atoms with E-state index in [1.807, 2.05) is 6.07 Å². The summed E-state index contributed by atoms with van der Waals surface area (Å²) in [6, 6.07) is 3.26. The molecule has 8 amide bonds. The van der Waals surface area contributed by atoms with Gasteiger partial charge in [0.1, 0.15) is 30.7 Å². The van der Waals surface area contributed by atoms with Gasteiger partial charge in [0.2, 0.25) is 47.3 Å². The first-order valence-corrected chi connectivity index (χ1v) is 22.2. The molecule has 1 aromatic rings. The summed E-state index contributed by atoms with van der Waals surface area (Å²) in [5, 5.41) is 28.4. The van der Waals surface area contributed by atoms with E-state index in [-0.39, 0.29) is 70.0 Å². The van der Waals surface area contributed by atoms with Crippen molar-refractivity contribution in [2.45, 2.75) is 101 Å². The highest BCUT2D eigenvalue weighted by atomic mass is 16.4. The molecule has 0 bridgehead atoms. The van der Waals surface area contributed by atoms with Crippen LogP contribution in [0, 0.1) is 0 Å². The van der Waals surface area contributed by atoms with Crippen molar-refractivity contribution in [2.24, 2.45) is 50.1 Å². The molecule has 0 aliphatic carbocycles. The second kappa shape index (κ2) is 34.2. The van der Waals surface area contributed by atoms with E-state index in [0.717, 1.165) is 5.56 Å². The fourth-order valence-electron chi connectivity index (χ4n) is 6.16. The van der Waals surface area contributed by atoms with Crippen LogP contribution in [-0.2, 0) is 49.6 Å². The first-order chi connectivity index (χ1) is 32.4. The highest BCUT2D eigenvalue weighted by Gasteiger charge is 2.29. The van der Waals surface area contributed by atoms with E-state index in [2.05, 4.69) is 52.5 Å². The molecule has 27 heteroatoms. The Hall–Kier alpha value is -7.13. The molecule has 0 saturated heterocycles.